The maximum atomic E-state index is 12.8. The van der Waals surface area contributed by atoms with Gasteiger partial charge in [0.15, 0.2) is 0 Å². The first-order chi connectivity index (χ1) is 11.5. The lowest BCUT2D eigenvalue weighted by Gasteiger charge is -2.30. The fraction of sp³-hybridized carbons (Fsp3) is 0.333. The van der Waals surface area contributed by atoms with Crippen LogP contribution in [-0.2, 0) is 0 Å². The van der Waals surface area contributed by atoms with E-state index in [0.717, 1.165) is 17.8 Å². The van der Waals surface area contributed by atoms with E-state index in [1.54, 1.807) is 36.7 Å². The largest absolute Gasteiger partial charge is 0.322 e. The summed E-state index contributed by atoms with van der Waals surface area (Å²) in [6.45, 7) is 3.42. The Labute approximate surface area is 148 Å². The first kappa shape index (κ1) is 18.2. The molecule has 0 fully saturated rings. The molecule has 1 aromatic carbocycles. The van der Waals surface area contributed by atoms with Gasteiger partial charge in [0.1, 0.15) is 0 Å². The standard InChI is InChI=1S/C18H23ClN4O/c1-14(15-8-10-20-11-9-15)23(13-12-22(2)3)18(24)21-17-6-4-16(19)5-7-17/h4-11,14H,12-13H2,1-3H3,(H,21,24)/t14-/m1/s1. The van der Waals surface area contributed by atoms with Gasteiger partial charge in [-0.05, 0) is 63.0 Å². The summed E-state index contributed by atoms with van der Waals surface area (Å²) in [6, 6.07) is 10.8. The molecule has 1 heterocycles. The number of carbonyl (C=O) groups excluding carboxylic acids is 1. The Balaban J connectivity index is 2.14. The van der Waals surface area contributed by atoms with Gasteiger partial charge in [0.05, 0.1) is 6.04 Å². The highest BCUT2D eigenvalue weighted by molar-refractivity contribution is 6.30. The number of nitrogens with zero attached hydrogens (tertiary/aromatic N) is 3. The number of likely N-dealkylation sites (N-methyl/N-ethyl adjacent to an activating group) is 1. The molecule has 0 radical (unpaired) electrons. The number of aromatic nitrogens is 1. The smallest absolute Gasteiger partial charge is 0.316 e. The zero-order valence-corrected chi connectivity index (χ0v) is 15.0. The van der Waals surface area contributed by atoms with Crippen LogP contribution >= 0.6 is 11.6 Å². The average Bonchev–Trinajstić information content (AvgIpc) is 2.57. The Hall–Kier alpha value is -2.11. The Morgan fingerprint density at radius 2 is 1.75 bits per heavy atom. The second-order valence-electron chi connectivity index (χ2n) is 5.89. The van der Waals surface area contributed by atoms with Gasteiger partial charge in [-0.25, -0.2) is 4.79 Å². The molecule has 5 nitrogen and oxygen atoms in total. The zero-order valence-electron chi connectivity index (χ0n) is 14.2. The van der Waals surface area contributed by atoms with E-state index < -0.39 is 0 Å². The molecule has 0 spiro atoms. The van der Waals surface area contributed by atoms with Crippen LogP contribution in [0.3, 0.4) is 0 Å². The molecule has 0 aliphatic rings. The Morgan fingerprint density at radius 3 is 2.33 bits per heavy atom. The number of hydrogen-bond donors (Lipinski definition) is 1. The van der Waals surface area contributed by atoms with Gasteiger partial charge in [-0.2, -0.15) is 0 Å². The third-order valence-corrected chi connectivity index (χ3v) is 4.05. The molecule has 1 aromatic heterocycles. The molecule has 0 aliphatic carbocycles. The minimum Gasteiger partial charge on any atom is -0.316 e. The number of nitrogens with one attached hydrogen (secondary N) is 1. The van der Waals surface area contributed by atoms with Crippen LogP contribution in [0.4, 0.5) is 10.5 Å². The minimum absolute atomic E-state index is 0.0553. The zero-order chi connectivity index (χ0) is 17.5. The van der Waals surface area contributed by atoms with Crippen molar-refractivity contribution in [3.63, 3.8) is 0 Å². The van der Waals surface area contributed by atoms with Crippen LogP contribution in [-0.4, -0.2) is 48.0 Å². The van der Waals surface area contributed by atoms with Crippen LogP contribution in [0.5, 0.6) is 0 Å². The molecule has 0 saturated heterocycles. The quantitative estimate of drug-likeness (QED) is 0.863. The highest BCUT2D eigenvalue weighted by atomic mass is 35.5. The monoisotopic (exact) mass is 346 g/mol. The fourth-order valence-electron chi connectivity index (χ4n) is 2.33. The predicted octanol–water partition coefficient (Wildman–Crippen LogP) is 3.89. The highest BCUT2D eigenvalue weighted by Crippen LogP contribution is 2.21. The minimum atomic E-state index is -0.136. The number of carbonyl (C=O) groups is 1. The lowest BCUT2D eigenvalue weighted by atomic mass is 10.1. The topological polar surface area (TPSA) is 48.5 Å². The molecule has 24 heavy (non-hydrogen) atoms. The average molecular weight is 347 g/mol. The van der Waals surface area contributed by atoms with Crippen molar-refractivity contribution in [2.24, 2.45) is 0 Å². The summed E-state index contributed by atoms with van der Waals surface area (Å²) < 4.78 is 0. The predicted molar refractivity (Wildman–Crippen MR) is 98.4 cm³/mol. The van der Waals surface area contributed by atoms with Gasteiger partial charge in [-0.1, -0.05) is 11.6 Å². The van der Waals surface area contributed by atoms with Crippen molar-refractivity contribution >= 4 is 23.3 Å². The van der Waals surface area contributed by atoms with Gasteiger partial charge in [-0.3, -0.25) is 4.98 Å². The van der Waals surface area contributed by atoms with E-state index >= 15 is 0 Å². The molecule has 2 aromatic rings. The molecular formula is C18H23ClN4O. The molecule has 2 amide bonds. The first-order valence-corrected chi connectivity index (χ1v) is 8.23. The van der Waals surface area contributed by atoms with Crippen LogP contribution in [0.2, 0.25) is 5.02 Å². The third-order valence-electron chi connectivity index (χ3n) is 3.80. The number of hydrogen-bond acceptors (Lipinski definition) is 3. The second kappa shape index (κ2) is 8.66. The summed E-state index contributed by atoms with van der Waals surface area (Å²) >= 11 is 5.89. The first-order valence-electron chi connectivity index (χ1n) is 7.85. The van der Waals surface area contributed by atoms with E-state index in [4.69, 9.17) is 11.6 Å². The van der Waals surface area contributed by atoms with Crippen molar-refractivity contribution in [3.8, 4) is 0 Å². The van der Waals surface area contributed by atoms with Crippen LogP contribution in [0.1, 0.15) is 18.5 Å². The van der Waals surface area contributed by atoms with E-state index in [1.165, 1.54) is 0 Å². The molecule has 1 atom stereocenters. The third kappa shape index (κ3) is 5.22. The van der Waals surface area contributed by atoms with Gasteiger partial charge in [0, 0.05) is 36.2 Å². The maximum Gasteiger partial charge on any atom is 0.322 e. The molecule has 1 N–H and O–H groups in total. The number of benzene rings is 1. The van der Waals surface area contributed by atoms with Gasteiger partial charge < -0.3 is 15.1 Å². The van der Waals surface area contributed by atoms with Crippen LogP contribution in [0.15, 0.2) is 48.8 Å². The Morgan fingerprint density at radius 1 is 1.12 bits per heavy atom. The molecule has 0 bridgehead atoms. The van der Waals surface area contributed by atoms with Crippen LogP contribution in [0, 0.1) is 0 Å². The summed E-state index contributed by atoms with van der Waals surface area (Å²) in [5.41, 5.74) is 1.77. The number of urea groups is 1. The van der Waals surface area contributed by atoms with E-state index in [0.29, 0.717) is 11.6 Å². The van der Waals surface area contributed by atoms with E-state index in [9.17, 15) is 4.79 Å². The van der Waals surface area contributed by atoms with Gasteiger partial charge in [-0.15, -0.1) is 0 Å². The van der Waals surface area contributed by atoms with E-state index in [-0.39, 0.29) is 12.1 Å². The molecule has 0 saturated carbocycles. The number of pyridine rings is 1. The van der Waals surface area contributed by atoms with Crippen molar-refractivity contribution in [2.75, 3.05) is 32.5 Å². The Kier molecular flexibility index (Phi) is 6.58. The highest BCUT2D eigenvalue weighted by Gasteiger charge is 2.21. The summed E-state index contributed by atoms with van der Waals surface area (Å²) in [4.78, 5) is 20.7. The SMILES string of the molecule is C[C@H](c1ccncc1)N(CCN(C)C)C(=O)Nc1ccc(Cl)cc1. The van der Waals surface area contributed by atoms with Crippen LogP contribution in [0.25, 0.3) is 0 Å². The lowest BCUT2D eigenvalue weighted by molar-refractivity contribution is 0.185. The van der Waals surface area contributed by atoms with Crippen LogP contribution < -0.4 is 5.32 Å². The normalized spacial score (nSPS) is 12.0. The second-order valence-corrected chi connectivity index (χ2v) is 6.33. The summed E-state index contributed by atoms with van der Waals surface area (Å²) in [5, 5.41) is 3.58. The summed E-state index contributed by atoms with van der Waals surface area (Å²) in [5.74, 6) is 0. The van der Waals surface area contributed by atoms with Crippen molar-refractivity contribution in [1.29, 1.82) is 0 Å². The fourth-order valence-corrected chi connectivity index (χ4v) is 2.46. The number of halogens is 1. The molecule has 0 aliphatic heterocycles. The van der Waals surface area contributed by atoms with Crippen molar-refractivity contribution in [1.82, 2.24) is 14.8 Å². The van der Waals surface area contributed by atoms with Crippen molar-refractivity contribution in [2.45, 2.75) is 13.0 Å². The van der Waals surface area contributed by atoms with Gasteiger partial charge >= 0.3 is 6.03 Å². The maximum absolute atomic E-state index is 12.8. The van der Waals surface area contributed by atoms with Crippen molar-refractivity contribution < 1.29 is 4.79 Å². The van der Waals surface area contributed by atoms with E-state index in [2.05, 4.69) is 15.2 Å². The molecule has 128 valence electrons. The number of rotatable bonds is 6. The van der Waals surface area contributed by atoms with Crippen molar-refractivity contribution in [3.05, 3.63) is 59.4 Å². The number of amides is 2. The summed E-state index contributed by atoms with van der Waals surface area (Å²) in [7, 11) is 3.98. The molecule has 6 heteroatoms. The summed E-state index contributed by atoms with van der Waals surface area (Å²) in [6.07, 6.45) is 3.49. The molecule has 2 rings (SSSR count). The van der Waals surface area contributed by atoms with Gasteiger partial charge in [0.2, 0.25) is 0 Å². The Bertz CT molecular complexity index is 646. The lowest BCUT2D eigenvalue weighted by Crippen LogP contribution is -2.41. The molecular weight excluding hydrogens is 324 g/mol. The van der Waals surface area contributed by atoms with E-state index in [1.807, 2.05) is 38.1 Å². The molecule has 0 unspecified atom stereocenters. The number of anilines is 1. The van der Waals surface area contributed by atoms with Gasteiger partial charge in [0.25, 0.3) is 0 Å².